The Morgan fingerprint density at radius 2 is 1.78 bits per heavy atom. The summed E-state index contributed by atoms with van der Waals surface area (Å²) < 4.78 is 0. The highest BCUT2D eigenvalue weighted by Gasteiger charge is 2.39. The molecule has 2 aromatic carbocycles. The molecule has 1 aliphatic carbocycles. The SMILES string of the molecule is CC1(C)Cc2cc(-c3ccc(Cl)c(Cl)c3)ccc2C1NC(=O)O. The van der Waals surface area contributed by atoms with Gasteiger partial charge in [-0.15, -0.1) is 0 Å². The molecule has 2 aromatic rings. The Balaban J connectivity index is 2.01. The lowest BCUT2D eigenvalue weighted by atomic mass is 9.85. The molecule has 0 radical (unpaired) electrons. The molecule has 120 valence electrons. The zero-order valence-corrected chi connectivity index (χ0v) is 14.4. The summed E-state index contributed by atoms with van der Waals surface area (Å²) in [4.78, 5) is 11.1. The van der Waals surface area contributed by atoms with Gasteiger partial charge in [-0.2, -0.15) is 0 Å². The predicted molar refractivity (Wildman–Crippen MR) is 93.3 cm³/mol. The molecule has 1 unspecified atom stereocenters. The molecule has 1 aliphatic rings. The van der Waals surface area contributed by atoms with E-state index in [0.717, 1.165) is 28.7 Å². The van der Waals surface area contributed by atoms with E-state index >= 15 is 0 Å². The van der Waals surface area contributed by atoms with E-state index < -0.39 is 6.09 Å². The lowest BCUT2D eigenvalue weighted by Gasteiger charge is -2.27. The van der Waals surface area contributed by atoms with Crippen LogP contribution in [-0.2, 0) is 6.42 Å². The lowest BCUT2D eigenvalue weighted by molar-refractivity contribution is 0.175. The predicted octanol–water partition coefficient (Wildman–Crippen LogP) is 5.55. The highest BCUT2D eigenvalue weighted by Crippen LogP contribution is 2.46. The summed E-state index contributed by atoms with van der Waals surface area (Å²) in [5.41, 5.74) is 4.10. The normalized spacial score (nSPS) is 18.5. The van der Waals surface area contributed by atoms with Gasteiger partial charge in [-0.25, -0.2) is 4.79 Å². The van der Waals surface area contributed by atoms with Gasteiger partial charge in [-0.3, -0.25) is 0 Å². The average Bonchev–Trinajstić information content (AvgIpc) is 2.71. The molecule has 0 aromatic heterocycles. The van der Waals surface area contributed by atoms with Gasteiger partial charge >= 0.3 is 6.09 Å². The van der Waals surface area contributed by atoms with Gasteiger partial charge in [-0.05, 0) is 46.2 Å². The minimum atomic E-state index is -0.996. The molecule has 2 N–H and O–H groups in total. The monoisotopic (exact) mass is 349 g/mol. The zero-order chi connectivity index (χ0) is 16.8. The van der Waals surface area contributed by atoms with Crippen molar-refractivity contribution in [1.29, 1.82) is 0 Å². The minimum absolute atomic E-state index is 0.156. The summed E-state index contributed by atoms with van der Waals surface area (Å²) >= 11 is 12.1. The Bertz CT molecular complexity index is 787. The first-order chi connectivity index (χ1) is 10.8. The van der Waals surface area contributed by atoms with Crippen molar-refractivity contribution in [3.05, 3.63) is 57.6 Å². The van der Waals surface area contributed by atoms with Crippen molar-refractivity contribution in [2.45, 2.75) is 26.3 Å². The van der Waals surface area contributed by atoms with Crippen molar-refractivity contribution in [3.8, 4) is 11.1 Å². The van der Waals surface area contributed by atoms with Gasteiger partial charge in [0.1, 0.15) is 0 Å². The Labute approximate surface area is 145 Å². The van der Waals surface area contributed by atoms with Crippen molar-refractivity contribution >= 4 is 29.3 Å². The fourth-order valence-electron chi connectivity index (χ4n) is 3.31. The first-order valence-corrected chi connectivity index (χ1v) is 8.11. The molecular formula is C18H17Cl2NO2. The van der Waals surface area contributed by atoms with Gasteiger partial charge in [0.2, 0.25) is 0 Å². The van der Waals surface area contributed by atoms with E-state index in [0.29, 0.717) is 10.0 Å². The molecule has 1 amide bonds. The van der Waals surface area contributed by atoms with Gasteiger partial charge in [0.25, 0.3) is 0 Å². The van der Waals surface area contributed by atoms with E-state index in [-0.39, 0.29) is 11.5 Å². The van der Waals surface area contributed by atoms with Crippen molar-refractivity contribution in [1.82, 2.24) is 5.32 Å². The molecule has 0 saturated heterocycles. The second kappa shape index (κ2) is 5.73. The summed E-state index contributed by atoms with van der Waals surface area (Å²) in [6.45, 7) is 4.15. The molecule has 0 heterocycles. The van der Waals surface area contributed by atoms with E-state index in [1.165, 1.54) is 0 Å². The van der Waals surface area contributed by atoms with E-state index in [1.54, 1.807) is 6.07 Å². The number of nitrogens with one attached hydrogen (secondary N) is 1. The van der Waals surface area contributed by atoms with Gasteiger partial charge in [0.15, 0.2) is 0 Å². The van der Waals surface area contributed by atoms with Crippen LogP contribution in [0.2, 0.25) is 10.0 Å². The fraction of sp³-hybridized carbons (Fsp3) is 0.278. The Hall–Kier alpha value is -1.71. The number of benzene rings is 2. The van der Waals surface area contributed by atoms with Gasteiger partial charge in [0.05, 0.1) is 16.1 Å². The quantitative estimate of drug-likeness (QED) is 0.746. The van der Waals surface area contributed by atoms with Gasteiger partial charge < -0.3 is 10.4 Å². The summed E-state index contributed by atoms with van der Waals surface area (Å²) in [7, 11) is 0. The largest absolute Gasteiger partial charge is 0.465 e. The summed E-state index contributed by atoms with van der Waals surface area (Å²) in [5.74, 6) is 0. The maximum Gasteiger partial charge on any atom is 0.405 e. The van der Waals surface area contributed by atoms with E-state index in [9.17, 15) is 4.79 Å². The molecule has 0 bridgehead atoms. The van der Waals surface area contributed by atoms with Crippen LogP contribution in [0.25, 0.3) is 11.1 Å². The van der Waals surface area contributed by atoms with Crippen LogP contribution in [0.3, 0.4) is 0 Å². The minimum Gasteiger partial charge on any atom is -0.465 e. The highest BCUT2D eigenvalue weighted by molar-refractivity contribution is 6.42. The summed E-state index contributed by atoms with van der Waals surface area (Å²) in [6, 6.07) is 11.5. The van der Waals surface area contributed by atoms with Crippen molar-refractivity contribution in [2.75, 3.05) is 0 Å². The second-order valence-corrected chi connectivity index (χ2v) is 7.40. The van der Waals surface area contributed by atoms with Crippen molar-refractivity contribution < 1.29 is 9.90 Å². The molecule has 3 rings (SSSR count). The van der Waals surface area contributed by atoms with Gasteiger partial charge in [-0.1, -0.05) is 61.3 Å². The number of hydrogen-bond donors (Lipinski definition) is 2. The Kier molecular flexibility index (Phi) is 4.03. The maximum absolute atomic E-state index is 11.1. The van der Waals surface area contributed by atoms with Gasteiger partial charge in [0, 0.05) is 0 Å². The molecular weight excluding hydrogens is 333 g/mol. The molecule has 3 nitrogen and oxygen atoms in total. The third kappa shape index (κ3) is 3.04. The number of carboxylic acid groups (broad SMARTS) is 1. The van der Waals surface area contributed by atoms with E-state index in [4.69, 9.17) is 28.3 Å². The molecule has 5 heteroatoms. The van der Waals surface area contributed by atoms with E-state index in [2.05, 4.69) is 25.2 Å². The van der Waals surface area contributed by atoms with E-state index in [1.807, 2.05) is 24.3 Å². The van der Waals surface area contributed by atoms with Crippen LogP contribution in [0.4, 0.5) is 4.79 Å². The Morgan fingerprint density at radius 3 is 2.43 bits per heavy atom. The van der Waals surface area contributed by atoms with Crippen LogP contribution in [-0.4, -0.2) is 11.2 Å². The number of halogens is 2. The van der Waals surface area contributed by atoms with Crippen LogP contribution < -0.4 is 5.32 Å². The fourth-order valence-corrected chi connectivity index (χ4v) is 3.60. The molecule has 1 atom stereocenters. The van der Waals surface area contributed by atoms with Crippen molar-refractivity contribution in [3.63, 3.8) is 0 Å². The van der Waals surface area contributed by atoms with Crippen LogP contribution in [0.15, 0.2) is 36.4 Å². The third-order valence-corrected chi connectivity index (χ3v) is 5.14. The van der Waals surface area contributed by atoms with Crippen LogP contribution in [0, 0.1) is 5.41 Å². The topological polar surface area (TPSA) is 49.3 Å². The number of amides is 1. The molecule has 0 spiro atoms. The number of carbonyl (C=O) groups is 1. The van der Waals surface area contributed by atoms with Crippen LogP contribution >= 0.6 is 23.2 Å². The summed E-state index contributed by atoms with van der Waals surface area (Å²) in [6.07, 6.45) is -0.174. The molecule has 23 heavy (non-hydrogen) atoms. The maximum atomic E-state index is 11.1. The third-order valence-electron chi connectivity index (χ3n) is 4.40. The standard InChI is InChI=1S/C18H17Cl2NO2/c1-18(2)9-12-7-10(11-4-6-14(19)15(20)8-11)3-5-13(12)16(18)21-17(22)23/h3-8,16,21H,9H2,1-2H3,(H,22,23). The van der Waals surface area contributed by atoms with Crippen LogP contribution in [0.1, 0.15) is 31.0 Å². The molecule has 0 fully saturated rings. The lowest BCUT2D eigenvalue weighted by Crippen LogP contribution is -2.34. The second-order valence-electron chi connectivity index (χ2n) is 6.59. The summed E-state index contributed by atoms with van der Waals surface area (Å²) in [5, 5.41) is 12.8. The zero-order valence-electron chi connectivity index (χ0n) is 12.9. The van der Waals surface area contributed by atoms with Crippen molar-refractivity contribution in [2.24, 2.45) is 5.41 Å². The molecule has 0 aliphatic heterocycles. The number of hydrogen-bond acceptors (Lipinski definition) is 1. The first-order valence-electron chi connectivity index (χ1n) is 7.35. The smallest absolute Gasteiger partial charge is 0.405 e. The average molecular weight is 350 g/mol. The number of rotatable bonds is 2. The Morgan fingerprint density at radius 1 is 1.13 bits per heavy atom. The van der Waals surface area contributed by atoms with Crippen LogP contribution in [0.5, 0.6) is 0 Å². The highest BCUT2D eigenvalue weighted by atomic mass is 35.5. The number of fused-ring (bicyclic) bond motifs is 1. The molecule has 0 saturated carbocycles. The first kappa shape index (κ1) is 16.2.